The molecule has 0 atom stereocenters. The molecular weight excluding hydrogens is 348 g/mol. The van der Waals surface area contributed by atoms with Crippen LogP contribution < -0.4 is 0 Å². The van der Waals surface area contributed by atoms with Gasteiger partial charge in [-0.1, -0.05) is 54.5 Å². The summed E-state index contributed by atoms with van der Waals surface area (Å²) >= 11 is 0. The lowest BCUT2D eigenvalue weighted by atomic mass is 9.73. The number of rotatable bonds is 2. The molecule has 0 unspecified atom stereocenters. The van der Waals surface area contributed by atoms with Crippen LogP contribution in [0.25, 0.3) is 22.0 Å². The maximum Gasteiger partial charge on any atom is 0.270 e. The highest BCUT2D eigenvalue weighted by Crippen LogP contribution is 2.53. The summed E-state index contributed by atoms with van der Waals surface area (Å²) in [5, 5.41) is 12.2. The summed E-state index contributed by atoms with van der Waals surface area (Å²) in [4.78, 5) is 11.0. The minimum absolute atomic E-state index is 0.0617. The number of nitro benzene ring substituents is 1. The van der Waals surface area contributed by atoms with Crippen LogP contribution in [0.3, 0.4) is 0 Å². The number of aryl methyl sites for hydroxylation is 1. The maximum atomic E-state index is 11.4. The summed E-state index contributed by atoms with van der Waals surface area (Å²) < 4.78 is 1.98. The first-order chi connectivity index (χ1) is 13.6. The van der Waals surface area contributed by atoms with Crippen LogP contribution in [0.15, 0.2) is 72.9 Å². The zero-order valence-corrected chi connectivity index (χ0v) is 15.2. The first-order valence-corrected chi connectivity index (χ1v) is 8.99. The monoisotopic (exact) mass is 364 g/mol. The molecule has 0 bridgehead atoms. The van der Waals surface area contributed by atoms with Crippen LogP contribution in [0, 0.1) is 22.5 Å². The first kappa shape index (κ1) is 16.3. The summed E-state index contributed by atoms with van der Waals surface area (Å²) in [5.74, 6) is 3.08. The van der Waals surface area contributed by atoms with Crippen molar-refractivity contribution < 1.29 is 4.92 Å². The van der Waals surface area contributed by atoms with Crippen LogP contribution in [0.4, 0.5) is 5.69 Å². The number of non-ortho nitro benzene ring substituents is 1. The van der Waals surface area contributed by atoms with Gasteiger partial charge in [-0.2, -0.15) is 0 Å². The van der Waals surface area contributed by atoms with Crippen molar-refractivity contribution in [2.45, 2.75) is 5.41 Å². The molecule has 28 heavy (non-hydrogen) atoms. The molecule has 1 aromatic heterocycles. The van der Waals surface area contributed by atoms with Gasteiger partial charge >= 0.3 is 0 Å². The summed E-state index contributed by atoms with van der Waals surface area (Å²) in [7, 11) is 1.94. The maximum absolute atomic E-state index is 11.4. The molecular formula is C24H16N2O2. The zero-order valence-electron chi connectivity index (χ0n) is 15.2. The van der Waals surface area contributed by atoms with Crippen LogP contribution in [0.5, 0.6) is 0 Å². The number of benzene rings is 3. The number of nitrogens with zero attached hydrogens (tertiary/aromatic N) is 2. The fourth-order valence-electron chi connectivity index (χ4n) is 4.55. The van der Waals surface area contributed by atoms with Crippen molar-refractivity contribution in [3.8, 4) is 23.5 Å². The van der Waals surface area contributed by atoms with E-state index in [0.29, 0.717) is 0 Å². The van der Waals surface area contributed by atoms with Crippen molar-refractivity contribution in [1.29, 1.82) is 0 Å². The topological polar surface area (TPSA) is 48.1 Å². The number of hydrogen-bond donors (Lipinski definition) is 0. The van der Waals surface area contributed by atoms with Gasteiger partial charge in [-0.05, 0) is 28.3 Å². The number of terminal acetylenes is 1. The second kappa shape index (κ2) is 5.58. The number of fused-ring (bicyclic) bond motifs is 4. The van der Waals surface area contributed by atoms with Crippen LogP contribution in [-0.4, -0.2) is 9.49 Å². The summed E-state index contributed by atoms with van der Waals surface area (Å²) in [6, 6.07) is 21.2. The van der Waals surface area contributed by atoms with E-state index in [1.54, 1.807) is 12.1 Å². The van der Waals surface area contributed by atoms with Gasteiger partial charge < -0.3 is 4.57 Å². The van der Waals surface area contributed by atoms with Gasteiger partial charge in [0.2, 0.25) is 0 Å². The zero-order chi connectivity index (χ0) is 19.5. The smallest absolute Gasteiger partial charge is 0.270 e. The van der Waals surface area contributed by atoms with E-state index in [9.17, 15) is 10.1 Å². The quantitative estimate of drug-likeness (QED) is 0.284. The van der Waals surface area contributed by atoms with E-state index in [1.807, 2.05) is 42.1 Å². The number of nitro groups is 1. The largest absolute Gasteiger partial charge is 0.350 e. The second-order valence-electron chi connectivity index (χ2n) is 7.10. The van der Waals surface area contributed by atoms with Crippen molar-refractivity contribution in [2.75, 3.05) is 0 Å². The lowest BCUT2D eigenvalue weighted by Crippen LogP contribution is -2.24. The summed E-state index contributed by atoms with van der Waals surface area (Å²) in [5.41, 5.74) is 5.38. The predicted molar refractivity (Wildman–Crippen MR) is 110 cm³/mol. The molecule has 0 spiro atoms. The average Bonchev–Trinajstić information content (AvgIpc) is 3.21. The van der Waals surface area contributed by atoms with Crippen molar-refractivity contribution in [2.24, 2.45) is 7.05 Å². The number of hydrogen-bond acceptors (Lipinski definition) is 2. The molecule has 5 rings (SSSR count). The Hall–Kier alpha value is -3.84. The Morgan fingerprint density at radius 3 is 2.14 bits per heavy atom. The second-order valence-corrected chi connectivity index (χ2v) is 7.10. The fourth-order valence-corrected chi connectivity index (χ4v) is 4.55. The summed E-state index contributed by atoms with van der Waals surface area (Å²) in [6.45, 7) is 0. The molecule has 0 saturated carbocycles. The molecule has 0 aliphatic heterocycles. The van der Waals surface area contributed by atoms with Crippen LogP contribution in [0.1, 0.15) is 16.7 Å². The Morgan fingerprint density at radius 1 is 0.964 bits per heavy atom. The van der Waals surface area contributed by atoms with Crippen molar-refractivity contribution in [1.82, 2.24) is 4.57 Å². The fraction of sp³-hybridized carbons (Fsp3) is 0.0833. The Kier molecular flexibility index (Phi) is 3.25. The van der Waals surface area contributed by atoms with Gasteiger partial charge in [0.15, 0.2) is 0 Å². The molecule has 1 aliphatic rings. The number of aromatic nitrogens is 1. The Morgan fingerprint density at radius 2 is 1.57 bits per heavy atom. The van der Waals surface area contributed by atoms with Crippen LogP contribution >= 0.6 is 0 Å². The molecule has 0 fully saturated rings. The highest BCUT2D eigenvalue weighted by molar-refractivity contribution is 5.94. The van der Waals surface area contributed by atoms with Gasteiger partial charge in [-0.3, -0.25) is 10.1 Å². The molecule has 4 aromatic rings. The lowest BCUT2D eigenvalue weighted by Gasteiger charge is -2.26. The van der Waals surface area contributed by atoms with Gasteiger partial charge in [0.25, 0.3) is 5.69 Å². The lowest BCUT2D eigenvalue weighted by molar-refractivity contribution is -0.384. The molecule has 4 nitrogen and oxygen atoms in total. The molecule has 4 heteroatoms. The van der Waals surface area contributed by atoms with Crippen LogP contribution in [-0.2, 0) is 12.5 Å². The first-order valence-electron chi connectivity index (χ1n) is 8.99. The Labute approximate surface area is 162 Å². The minimum Gasteiger partial charge on any atom is -0.350 e. The van der Waals surface area contributed by atoms with E-state index < -0.39 is 5.41 Å². The molecule has 0 N–H and O–H groups in total. The van der Waals surface area contributed by atoms with E-state index >= 15 is 0 Å². The third-order valence-electron chi connectivity index (χ3n) is 5.76. The molecule has 134 valence electrons. The third kappa shape index (κ3) is 1.91. The standard InChI is InChI=1S/C24H16N2O2/c1-3-24(20-10-6-4-8-17(20)18-9-5-7-11-21(18)24)22-15-25(2)23-13-12-16(26(27)28)14-19(22)23/h1,4-15H,2H3. The van der Waals surface area contributed by atoms with Gasteiger partial charge in [-0.25, -0.2) is 0 Å². The van der Waals surface area contributed by atoms with E-state index in [2.05, 4.69) is 30.2 Å². The van der Waals surface area contributed by atoms with Crippen molar-refractivity contribution in [3.63, 3.8) is 0 Å². The molecule has 0 radical (unpaired) electrons. The van der Waals surface area contributed by atoms with Crippen molar-refractivity contribution >= 4 is 16.6 Å². The molecule has 1 aliphatic carbocycles. The third-order valence-corrected chi connectivity index (χ3v) is 5.76. The van der Waals surface area contributed by atoms with Crippen molar-refractivity contribution in [3.05, 3.63) is 99.7 Å². The Bertz CT molecular complexity index is 1280. The normalized spacial score (nSPS) is 13.7. The van der Waals surface area contributed by atoms with Gasteiger partial charge in [0.05, 0.1) is 4.92 Å². The highest BCUT2D eigenvalue weighted by Gasteiger charge is 2.44. The van der Waals surface area contributed by atoms with E-state index in [-0.39, 0.29) is 10.6 Å². The molecule has 1 heterocycles. The van der Waals surface area contributed by atoms with E-state index in [4.69, 9.17) is 6.42 Å². The molecule has 0 saturated heterocycles. The predicted octanol–water partition coefficient (Wildman–Crippen LogP) is 5.03. The van der Waals surface area contributed by atoms with Crippen LogP contribution in [0.2, 0.25) is 0 Å². The van der Waals surface area contributed by atoms with Gasteiger partial charge in [-0.15, -0.1) is 6.42 Å². The van der Waals surface area contributed by atoms with Gasteiger partial charge in [0.1, 0.15) is 5.41 Å². The molecule has 3 aromatic carbocycles. The summed E-state index contributed by atoms with van der Waals surface area (Å²) in [6.07, 6.45) is 8.24. The SMILES string of the molecule is C#CC1(c2cn(C)c3ccc([N+](=O)[O-])cc23)c2ccccc2-c2ccccc21. The van der Waals surface area contributed by atoms with Gasteiger partial charge in [0, 0.05) is 41.8 Å². The minimum atomic E-state index is -0.790. The van der Waals surface area contributed by atoms with E-state index in [0.717, 1.165) is 38.7 Å². The highest BCUT2D eigenvalue weighted by atomic mass is 16.6. The molecule has 0 amide bonds. The van der Waals surface area contributed by atoms with E-state index in [1.165, 1.54) is 6.07 Å². The Balaban J connectivity index is 1.94. The average molecular weight is 364 g/mol.